The maximum atomic E-state index is 12.9. The van der Waals surface area contributed by atoms with Crippen LogP contribution in [-0.2, 0) is 0 Å². The first-order valence-electron chi connectivity index (χ1n) is 7.35. The van der Waals surface area contributed by atoms with Crippen molar-refractivity contribution in [3.63, 3.8) is 0 Å². The first kappa shape index (κ1) is 16.9. The molecule has 2 rings (SSSR count). The standard InChI is InChI=1S/C16H20F2N4O/c1-9(2)12(11-7-5-4-6-8-11)19-16(23)20-13-10(3)21-22-14(13)15(17)18/h4-9,12,15H,1-3H3,(H,21,22)(H2,19,20,23)/t12-/m0/s1. The van der Waals surface area contributed by atoms with Crippen molar-refractivity contribution in [1.82, 2.24) is 15.5 Å². The summed E-state index contributed by atoms with van der Waals surface area (Å²) in [7, 11) is 0. The van der Waals surface area contributed by atoms with Crippen LogP contribution in [0.25, 0.3) is 0 Å². The van der Waals surface area contributed by atoms with Crippen LogP contribution in [0.3, 0.4) is 0 Å². The van der Waals surface area contributed by atoms with Gasteiger partial charge >= 0.3 is 6.03 Å². The van der Waals surface area contributed by atoms with E-state index < -0.39 is 18.2 Å². The number of aromatic nitrogens is 2. The van der Waals surface area contributed by atoms with Gasteiger partial charge in [0.2, 0.25) is 0 Å². The van der Waals surface area contributed by atoms with E-state index in [1.54, 1.807) is 6.92 Å². The highest BCUT2D eigenvalue weighted by Gasteiger charge is 2.23. The minimum atomic E-state index is -2.76. The fourth-order valence-corrected chi connectivity index (χ4v) is 2.35. The van der Waals surface area contributed by atoms with Gasteiger partial charge in [0.15, 0.2) is 5.69 Å². The van der Waals surface area contributed by atoms with Gasteiger partial charge in [-0.1, -0.05) is 44.2 Å². The first-order chi connectivity index (χ1) is 10.9. The Hall–Kier alpha value is -2.44. The van der Waals surface area contributed by atoms with E-state index >= 15 is 0 Å². The van der Waals surface area contributed by atoms with Gasteiger partial charge in [-0.05, 0) is 18.4 Å². The Bertz CT molecular complexity index is 655. The number of aromatic amines is 1. The summed E-state index contributed by atoms with van der Waals surface area (Å²) in [4.78, 5) is 12.2. The molecule has 5 nitrogen and oxygen atoms in total. The van der Waals surface area contributed by atoms with Gasteiger partial charge in [-0.3, -0.25) is 5.10 Å². The number of anilines is 1. The number of nitrogens with one attached hydrogen (secondary N) is 3. The fraction of sp³-hybridized carbons (Fsp3) is 0.375. The number of nitrogens with zero attached hydrogens (tertiary/aromatic N) is 1. The van der Waals surface area contributed by atoms with Gasteiger partial charge in [-0.15, -0.1) is 0 Å². The van der Waals surface area contributed by atoms with Gasteiger partial charge in [0.05, 0.1) is 17.4 Å². The monoisotopic (exact) mass is 322 g/mol. The zero-order valence-electron chi connectivity index (χ0n) is 13.2. The molecule has 0 aliphatic heterocycles. The predicted molar refractivity (Wildman–Crippen MR) is 84.5 cm³/mol. The van der Waals surface area contributed by atoms with Crippen LogP contribution in [0.5, 0.6) is 0 Å². The lowest BCUT2D eigenvalue weighted by Gasteiger charge is -2.23. The predicted octanol–water partition coefficient (Wildman–Crippen LogP) is 4.17. The molecule has 1 aromatic carbocycles. The highest BCUT2D eigenvalue weighted by atomic mass is 19.3. The van der Waals surface area contributed by atoms with E-state index in [0.717, 1.165) is 5.56 Å². The molecule has 23 heavy (non-hydrogen) atoms. The molecule has 0 radical (unpaired) electrons. The SMILES string of the molecule is Cc1[nH]nc(C(F)F)c1NC(=O)N[C@H](c1ccccc1)C(C)C. The number of hydrogen-bond acceptors (Lipinski definition) is 2. The maximum Gasteiger partial charge on any atom is 0.319 e. The van der Waals surface area contributed by atoms with Crippen LogP contribution in [-0.4, -0.2) is 16.2 Å². The maximum absolute atomic E-state index is 12.9. The summed E-state index contributed by atoms with van der Waals surface area (Å²) in [5, 5.41) is 11.3. The number of carbonyl (C=O) groups is 1. The number of halogens is 2. The second-order valence-electron chi connectivity index (χ2n) is 5.64. The molecule has 0 aliphatic rings. The molecule has 2 aromatic rings. The van der Waals surface area contributed by atoms with E-state index in [9.17, 15) is 13.6 Å². The molecule has 2 amide bonds. The molecule has 0 bridgehead atoms. The van der Waals surface area contributed by atoms with Crippen LogP contribution in [0.4, 0.5) is 19.3 Å². The van der Waals surface area contributed by atoms with Crippen LogP contribution in [0, 0.1) is 12.8 Å². The second kappa shape index (κ2) is 7.21. The zero-order chi connectivity index (χ0) is 17.0. The Morgan fingerprint density at radius 3 is 2.43 bits per heavy atom. The molecule has 0 saturated carbocycles. The summed E-state index contributed by atoms with van der Waals surface area (Å²) in [5.41, 5.74) is 0.901. The number of hydrogen-bond donors (Lipinski definition) is 3. The number of benzene rings is 1. The Morgan fingerprint density at radius 1 is 1.22 bits per heavy atom. The number of aryl methyl sites for hydroxylation is 1. The van der Waals surface area contributed by atoms with E-state index in [0.29, 0.717) is 5.69 Å². The number of amides is 2. The molecule has 7 heteroatoms. The van der Waals surface area contributed by atoms with Crippen molar-refractivity contribution in [3.8, 4) is 0 Å². The lowest BCUT2D eigenvalue weighted by atomic mass is 9.96. The summed E-state index contributed by atoms with van der Waals surface area (Å²) in [6, 6.07) is 8.73. The number of urea groups is 1. The summed E-state index contributed by atoms with van der Waals surface area (Å²) in [6.07, 6.45) is -2.76. The lowest BCUT2D eigenvalue weighted by molar-refractivity contribution is 0.146. The molecular weight excluding hydrogens is 302 g/mol. The topological polar surface area (TPSA) is 69.8 Å². The van der Waals surface area contributed by atoms with E-state index in [2.05, 4.69) is 20.8 Å². The van der Waals surface area contributed by atoms with Crippen molar-refractivity contribution < 1.29 is 13.6 Å². The summed E-state index contributed by atoms with van der Waals surface area (Å²) >= 11 is 0. The third kappa shape index (κ3) is 4.06. The highest BCUT2D eigenvalue weighted by Crippen LogP contribution is 2.28. The van der Waals surface area contributed by atoms with Gasteiger partial charge in [-0.25, -0.2) is 13.6 Å². The van der Waals surface area contributed by atoms with Crippen LogP contribution in [0.1, 0.15) is 43.3 Å². The van der Waals surface area contributed by atoms with Gasteiger partial charge in [0.25, 0.3) is 6.43 Å². The largest absolute Gasteiger partial charge is 0.331 e. The van der Waals surface area contributed by atoms with E-state index in [1.807, 2.05) is 44.2 Å². The third-order valence-electron chi connectivity index (χ3n) is 3.53. The minimum Gasteiger partial charge on any atom is -0.331 e. The number of carbonyl (C=O) groups excluding carboxylic acids is 1. The van der Waals surface area contributed by atoms with Gasteiger partial charge in [0, 0.05) is 0 Å². The van der Waals surface area contributed by atoms with Gasteiger partial charge in [-0.2, -0.15) is 5.10 Å². The average Bonchev–Trinajstić information content (AvgIpc) is 2.86. The van der Waals surface area contributed by atoms with Crippen molar-refractivity contribution in [2.75, 3.05) is 5.32 Å². The van der Waals surface area contributed by atoms with E-state index in [-0.39, 0.29) is 17.6 Å². The molecule has 124 valence electrons. The normalized spacial score (nSPS) is 12.5. The van der Waals surface area contributed by atoms with E-state index in [4.69, 9.17) is 0 Å². The molecule has 0 aliphatic carbocycles. The van der Waals surface area contributed by atoms with Gasteiger partial charge in [0.1, 0.15) is 0 Å². The molecule has 0 fully saturated rings. The van der Waals surface area contributed by atoms with Crippen molar-refractivity contribution >= 4 is 11.7 Å². The van der Waals surface area contributed by atoms with Crippen molar-refractivity contribution in [2.45, 2.75) is 33.2 Å². The quantitative estimate of drug-likeness (QED) is 0.773. The molecule has 0 spiro atoms. The number of H-pyrrole nitrogens is 1. The van der Waals surface area contributed by atoms with Gasteiger partial charge < -0.3 is 10.6 Å². The highest BCUT2D eigenvalue weighted by molar-refractivity contribution is 5.90. The summed E-state index contributed by atoms with van der Waals surface area (Å²) in [6.45, 7) is 5.53. The number of rotatable bonds is 5. The Balaban J connectivity index is 2.13. The molecule has 1 aromatic heterocycles. The Labute approximate surface area is 133 Å². The van der Waals surface area contributed by atoms with Crippen LogP contribution >= 0.6 is 0 Å². The minimum absolute atomic E-state index is 0.0214. The van der Waals surface area contributed by atoms with Crippen molar-refractivity contribution in [2.24, 2.45) is 5.92 Å². The van der Waals surface area contributed by atoms with Crippen molar-refractivity contribution in [3.05, 3.63) is 47.3 Å². The smallest absolute Gasteiger partial charge is 0.319 e. The molecule has 3 N–H and O–H groups in total. The van der Waals surface area contributed by atoms with Crippen LogP contribution in [0.15, 0.2) is 30.3 Å². The Kier molecular flexibility index (Phi) is 5.31. The summed E-state index contributed by atoms with van der Waals surface area (Å²) in [5.74, 6) is 0.142. The van der Waals surface area contributed by atoms with Crippen molar-refractivity contribution in [1.29, 1.82) is 0 Å². The van der Waals surface area contributed by atoms with E-state index in [1.165, 1.54) is 0 Å². The zero-order valence-corrected chi connectivity index (χ0v) is 13.2. The summed E-state index contributed by atoms with van der Waals surface area (Å²) < 4.78 is 25.8. The molecule has 1 atom stereocenters. The molecule has 0 unspecified atom stereocenters. The second-order valence-corrected chi connectivity index (χ2v) is 5.64. The van der Waals surface area contributed by atoms with Crippen LogP contribution in [0.2, 0.25) is 0 Å². The molecule has 0 saturated heterocycles. The average molecular weight is 322 g/mol. The van der Waals surface area contributed by atoms with Crippen LogP contribution < -0.4 is 10.6 Å². The lowest BCUT2D eigenvalue weighted by Crippen LogP contribution is -2.35. The molecular formula is C16H20F2N4O. The third-order valence-corrected chi connectivity index (χ3v) is 3.53. The fourth-order valence-electron chi connectivity index (χ4n) is 2.35. The molecule has 1 heterocycles. The number of alkyl halides is 2. The Morgan fingerprint density at radius 2 is 1.87 bits per heavy atom. The first-order valence-corrected chi connectivity index (χ1v) is 7.35.